The molecule has 0 spiro atoms. The molecule has 1 unspecified atom stereocenters. The maximum Gasteiger partial charge on any atom is 0.137 e. The quantitative estimate of drug-likeness (QED) is 0.716. The molecule has 0 aromatic heterocycles. The van der Waals surface area contributed by atoms with Gasteiger partial charge in [-0.2, -0.15) is 0 Å². The lowest BCUT2D eigenvalue weighted by Gasteiger charge is -2.10. The second-order valence-corrected chi connectivity index (χ2v) is 4.26. The lowest BCUT2D eigenvalue weighted by molar-refractivity contribution is 0.334. The van der Waals surface area contributed by atoms with Crippen LogP contribution in [0.5, 0.6) is 0 Å². The van der Waals surface area contributed by atoms with Crippen LogP contribution in [0.15, 0.2) is 29.3 Å². The van der Waals surface area contributed by atoms with Crippen molar-refractivity contribution in [2.45, 2.75) is 25.9 Å². The lowest BCUT2D eigenvalue weighted by atomic mass is 10.0. The number of alkyl halides is 1. The Hall–Kier alpha value is -0.700. The molecule has 0 bridgehead atoms. The van der Waals surface area contributed by atoms with Crippen LogP contribution in [-0.4, -0.2) is 6.17 Å². The van der Waals surface area contributed by atoms with Crippen LogP contribution in [0.1, 0.15) is 17.5 Å². The Kier molecular flexibility index (Phi) is 4.45. The first kappa shape index (κ1) is 12.4. The van der Waals surface area contributed by atoms with Gasteiger partial charge in [0.05, 0.1) is 4.47 Å². The highest BCUT2D eigenvalue weighted by molar-refractivity contribution is 9.10. The second kappa shape index (κ2) is 5.40. The number of benzene rings is 1. The van der Waals surface area contributed by atoms with Gasteiger partial charge in [-0.25, -0.2) is 8.78 Å². The van der Waals surface area contributed by atoms with Crippen molar-refractivity contribution in [1.29, 1.82) is 0 Å². The summed E-state index contributed by atoms with van der Waals surface area (Å²) in [4.78, 5) is 0. The first-order valence-corrected chi connectivity index (χ1v) is 5.54. The molecule has 1 aromatic carbocycles. The minimum absolute atomic E-state index is 0.302. The first-order valence-electron chi connectivity index (χ1n) is 4.74. The summed E-state index contributed by atoms with van der Waals surface area (Å²) in [5, 5.41) is 0. The summed E-state index contributed by atoms with van der Waals surface area (Å²) in [5.41, 5.74) is 1.60. The molecular weight excluding hydrogens is 262 g/mol. The Morgan fingerprint density at radius 3 is 2.80 bits per heavy atom. The van der Waals surface area contributed by atoms with Crippen LogP contribution in [0.3, 0.4) is 0 Å². The molecule has 1 atom stereocenters. The standard InChI is InChI=1S/C12H13BrF2/c1-3-4-10(14)7-9-5-6-11(15)12(13)8(9)2/h3,5-6,10H,1,4,7H2,2H3. The van der Waals surface area contributed by atoms with Crippen molar-refractivity contribution in [1.82, 2.24) is 0 Å². The zero-order chi connectivity index (χ0) is 11.4. The molecule has 15 heavy (non-hydrogen) atoms. The van der Waals surface area contributed by atoms with Gasteiger partial charge >= 0.3 is 0 Å². The van der Waals surface area contributed by atoms with Crippen LogP contribution in [-0.2, 0) is 6.42 Å². The van der Waals surface area contributed by atoms with Crippen molar-refractivity contribution in [3.63, 3.8) is 0 Å². The monoisotopic (exact) mass is 274 g/mol. The molecule has 0 radical (unpaired) electrons. The Labute approximate surface area is 97.1 Å². The largest absolute Gasteiger partial charge is 0.247 e. The molecule has 1 aromatic rings. The van der Waals surface area contributed by atoms with Crippen molar-refractivity contribution >= 4 is 15.9 Å². The third-order valence-corrected chi connectivity index (χ3v) is 3.29. The van der Waals surface area contributed by atoms with Crippen LogP contribution in [0.4, 0.5) is 8.78 Å². The minimum atomic E-state index is -0.946. The maximum absolute atomic E-state index is 13.3. The van der Waals surface area contributed by atoms with Crippen LogP contribution in [0.25, 0.3) is 0 Å². The van der Waals surface area contributed by atoms with Crippen LogP contribution in [0.2, 0.25) is 0 Å². The molecule has 0 aliphatic carbocycles. The van der Waals surface area contributed by atoms with E-state index in [-0.39, 0.29) is 5.82 Å². The SMILES string of the molecule is C=CCC(F)Cc1ccc(F)c(Br)c1C. The van der Waals surface area contributed by atoms with Crippen molar-refractivity contribution in [3.8, 4) is 0 Å². The van der Waals surface area contributed by atoms with Crippen molar-refractivity contribution in [3.05, 3.63) is 46.2 Å². The Morgan fingerprint density at radius 2 is 2.20 bits per heavy atom. The van der Waals surface area contributed by atoms with E-state index in [4.69, 9.17) is 0 Å². The lowest BCUT2D eigenvalue weighted by Crippen LogP contribution is -2.05. The molecule has 0 aliphatic heterocycles. The molecule has 3 heteroatoms. The van der Waals surface area contributed by atoms with E-state index in [0.717, 1.165) is 11.1 Å². The van der Waals surface area contributed by atoms with Gasteiger partial charge in [0.15, 0.2) is 0 Å². The second-order valence-electron chi connectivity index (χ2n) is 3.47. The zero-order valence-electron chi connectivity index (χ0n) is 8.56. The summed E-state index contributed by atoms with van der Waals surface area (Å²) < 4.78 is 26.8. The Balaban J connectivity index is 2.86. The molecule has 1 rings (SSSR count). The van der Waals surface area contributed by atoms with E-state index >= 15 is 0 Å². The summed E-state index contributed by atoms with van der Waals surface area (Å²) in [6.07, 6.45) is 1.24. The third-order valence-electron chi connectivity index (χ3n) is 2.32. The fraction of sp³-hybridized carbons (Fsp3) is 0.333. The van der Waals surface area contributed by atoms with Gasteiger partial charge < -0.3 is 0 Å². The van der Waals surface area contributed by atoms with Gasteiger partial charge in [0, 0.05) is 6.42 Å². The molecule has 0 aliphatic rings. The number of allylic oxidation sites excluding steroid dienone is 1. The fourth-order valence-corrected chi connectivity index (χ4v) is 1.80. The van der Waals surface area contributed by atoms with E-state index in [0.29, 0.717) is 17.3 Å². The molecule has 0 fully saturated rings. The highest BCUT2D eigenvalue weighted by Gasteiger charge is 2.11. The normalized spacial score (nSPS) is 12.5. The highest BCUT2D eigenvalue weighted by atomic mass is 79.9. The molecule has 0 N–H and O–H groups in total. The van der Waals surface area contributed by atoms with Crippen LogP contribution in [0, 0.1) is 12.7 Å². The summed E-state index contributed by atoms with van der Waals surface area (Å²) in [7, 11) is 0. The predicted molar refractivity (Wildman–Crippen MR) is 62.3 cm³/mol. The fourth-order valence-electron chi connectivity index (χ4n) is 1.42. The average Bonchev–Trinajstić information content (AvgIpc) is 2.20. The van der Waals surface area contributed by atoms with Gasteiger partial charge in [-0.1, -0.05) is 12.1 Å². The van der Waals surface area contributed by atoms with Gasteiger partial charge in [-0.3, -0.25) is 0 Å². The number of hydrogen-bond acceptors (Lipinski definition) is 0. The predicted octanol–water partition coefficient (Wildman–Crippen LogP) is 4.35. The van der Waals surface area contributed by atoms with Gasteiger partial charge in [0.25, 0.3) is 0 Å². The maximum atomic E-state index is 13.3. The molecule has 0 amide bonds. The van der Waals surface area contributed by atoms with Gasteiger partial charge in [-0.05, 0) is 46.5 Å². The first-order chi connectivity index (χ1) is 7.06. The van der Waals surface area contributed by atoms with E-state index in [1.165, 1.54) is 6.07 Å². The summed E-state index contributed by atoms with van der Waals surface area (Å²) in [6, 6.07) is 2.98. The van der Waals surface area contributed by atoms with E-state index in [9.17, 15) is 8.78 Å². The number of hydrogen-bond donors (Lipinski definition) is 0. The molecule has 0 saturated carbocycles. The molecule has 0 heterocycles. The molecule has 0 saturated heterocycles. The number of rotatable bonds is 4. The third kappa shape index (κ3) is 3.13. The average molecular weight is 275 g/mol. The van der Waals surface area contributed by atoms with Crippen LogP contribution < -0.4 is 0 Å². The highest BCUT2D eigenvalue weighted by Crippen LogP contribution is 2.25. The van der Waals surface area contributed by atoms with Crippen molar-refractivity contribution < 1.29 is 8.78 Å². The van der Waals surface area contributed by atoms with E-state index in [2.05, 4.69) is 22.5 Å². The Morgan fingerprint density at radius 1 is 1.53 bits per heavy atom. The summed E-state index contributed by atoms with van der Waals surface area (Å²) in [6.45, 7) is 5.27. The minimum Gasteiger partial charge on any atom is -0.247 e. The van der Waals surface area contributed by atoms with Gasteiger partial charge in [-0.15, -0.1) is 6.58 Å². The van der Waals surface area contributed by atoms with E-state index < -0.39 is 6.17 Å². The van der Waals surface area contributed by atoms with E-state index in [1.807, 2.05) is 0 Å². The summed E-state index contributed by atoms with van der Waals surface area (Å²) in [5.74, 6) is -0.310. The van der Waals surface area contributed by atoms with Crippen molar-refractivity contribution in [2.75, 3.05) is 0 Å². The molecular formula is C12H13BrF2. The van der Waals surface area contributed by atoms with Crippen molar-refractivity contribution in [2.24, 2.45) is 0 Å². The Bertz CT molecular complexity index is 361. The number of halogens is 3. The topological polar surface area (TPSA) is 0 Å². The molecule has 82 valence electrons. The summed E-state index contributed by atoms with van der Waals surface area (Å²) >= 11 is 3.14. The molecule has 0 nitrogen and oxygen atoms in total. The zero-order valence-corrected chi connectivity index (χ0v) is 10.2. The smallest absolute Gasteiger partial charge is 0.137 e. The van der Waals surface area contributed by atoms with Gasteiger partial charge in [0.1, 0.15) is 12.0 Å². The van der Waals surface area contributed by atoms with E-state index in [1.54, 1.807) is 19.1 Å². The van der Waals surface area contributed by atoms with Crippen LogP contribution >= 0.6 is 15.9 Å². The van der Waals surface area contributed by atoms with Gasteiger partial charge in [0.2, 0.25) is 0 Å².